The van der Waals surface area contributed by atoms with Gasteiger partial charge in [-0.1, -0.05) is 22.0 Å². The lowest BCUT2D eigenvalue weighted by atomic mass is 10.2. The highest BCUT2D eigenvalue weighted by Gasteiger charge is 2.14. The molecule has 0 aliphatic carbocycles. The van der Waals surface area contributed by atoms with Crippen molar-refractivity contribution in [3.05, 3.63) is 22.2 Å². The van der Waals surface area contributed by atoms with Crippen LogP contribution in [0.4, 0.5) is 0 Å². The van der Waals surface area contributed by atoms with Gasteiger partial charge in [-0.3, -0.25) is 4.90 Å². The van der Waals surface area contributed by atoms with Crippen molar-refractivity contribution in [2.75, 3.05) is 13.1 Å². The van der Waals surface area contributed by atoms with Gasteiger partial charge >= 0.3 is 0 Å². The number of hydrogen-bond donors (Lipinski definition) is 0. The minimum absolute atomic E-state index is 0.875. The van der Waals surface area contributed by atoms with E-state index in [1.54, 1.807) is 0 Å². The second-order valence-corrected chi connectivity index (χ2v) is 4.89. The van der Waals surface area contributed by atoms with Crippen molar-refractivity contribution in [2.45, 2.75) is 19.9 Å². The summed E-state index contributed by atoms with van der Waals surface area (Å²) in [5.41, 5.74) is 0. The van der Waals surface area contributed by atoms with Gasteiger partial charge in [-0.25, -0.2) is 0 Å². The zero-order valence-corrected chi connectivity index (χ0v) is 10.7. The van der Waals surface area contributed by atoms with E-state index in [0.717, 1.165) is 37.7 Å². The minimum atomic E-state index is 0.875. The van der Waals surface area contributed by atoms with Crippen LogP contribution >= 0.6 is 15.9 Å². The van der Waals surface area contributed by atoms with Crippen LogP contribution in [0.3, 0.4) is 0 Å². The SMILES string of the molecule is Cc1nnc(CN2CCC=C(Br)C2)n1C. The lowest BCUT2D eigenvalue weighted by Gasteiger charge is -2.24. The van der Waals surface area contributed by atoms with E-state index in [4.69, 9.17) is 0 Å². The van der Waals surface area contributed by atoms with Gasteiger partial charge in [0.1, 0.15) is 11.6 Å². The number of nitrogens with zero attached hydrogens (tertiary/aromatic N) is 4. The first-order valence-corrected chi connectivity index (χ1v) is 5.88. The Labute approximate surface area is 98.1 Å². The van der Waals surface area contributed by atoms with E-state index in [1.165, 1.54) is 4.48 Å². The molecule has 82 valence electrons. The molecule has 5 heteroatoms. The van der Waals surface area contributed by atoms with Gasteiger partial charge in [0.2, 0.25) is 0 Å². The van der Waals surface area contributed by atoms with E-state index in [0.29, 0.717) is 0 Å². The smallest absolute Gasteiger partial charge is 0.146 e. The third-order valence-electron chi connectivity index (χ3n) is 2.73. The van der Waals surface area contributed by atoms with Crippen LogP contribution in [0.1, 0.15) is 18.1 Å². The Balaban J connectivity index is 2.03. The molecule has 0 unspecified atom stereocenters. The fraction of sp³-hybridized carbons (Fsp3) is 0.600. The third-order valence-corrected chi connectivity index (χ3v) is 3.31. The van der Waals surface area contributed by atoms with Gasteiger partial charge in [-0.2, -0.15) is 0 Å². The monoisotopic (exact) mass is 270 g/mol. The van der Waals surface area contributed by atoms with Crippen LogP contribution < -0.4 is 0 Å². The highest BCUT2D eigenvalue weighted by Crippen LogP contribution is 2.16. The molecule has 2 rings (SSSR count). The maximum Gasteiger partial charge on any atom is 0.146 e. The van der Waals surface area contributed by atoms with E-state index in [1.807, 2.05) is 18.5 Å². The Morgan fingerprint density at radius 1 is 1.47 bits per heavy atom. The molecule has 4 nitrogen and oxygen atoms in total. The van der Waals surface area contributed by atoms with Gasteiger partial charge < -0.3 is 4.57 Å². The van der Waals surface area contributed by atoms with Crippen LogP contribution in [0, 0.1) is 6.92 Å². The number of rotatable bonds is 2. The summed E-state index contributed by atoms with van der Waals surface area (Å²) in [5, 5.41) is 8.23. The number of hydrogen-bond acceptors (Lipinski definition) is 3. The molecule has 0 N–H and O–H groups in total. The summed E-state index contributed by atoms with van der Waals surface area (Å²) in [4.78, 5) is 2.37. The van der Waals surface area contributed by atoms with Crippen LogP contribution in [0.25, 0.3) is 0 Å². The minimum Gasteiger partial charge on any atom is -0.317 e. The maximum atomic E-state index is 4.17. The average molecular weight is 271 g/mol. The average Bonchev–Trinajstić information content (AvgIpc) is 2.50. The largest absolute Gasteiger partial charge is 0.317 e. The van der Waals surface area contributed by atoms with E-state index in [-0.39, 0.29) is 0 Å². The molecule has 0 saturated heterocycles. The lowest BCUT2D eigenvalue weighted by molar-refractivity contribution is 0.278. The van der Waals surface area contributed by atoms with Crippen LogP contribution in [-0.4, -0.2) is 32.8 Å². The van der Waals surface area contributed by atoms with Gasteiger partial charge in [0.05, 0.1) is 6.54 Å². The Morgan fingerprint density at radius 3 is 2.87 bits per heavy atom. The van der Waals surface area contributed by atoms with Crippen LogP contribution in [0.2, 0.25) is 0 Å². The zero-order chi connectivity index (χ0) is 10.8. The molecule has 0 aromatic carbocycles. The standard InChI is InChI=1S/C10H15BrN4/c1-8-12-13-10(14(8)2)7-15-5-3-4-9(11)6-15/h4H,3,5-7H2,1-2H3. The zero-order valence-electron chi connectivity index (χ0n) is 9.07. The fourth-order valence-electron chi connectivity index (χ4n) is 1.68. The molecule has 0 spiro atoms. The summed E-state index contributed by atoms with van der Waals surface area (Å²) in [6.07, 6.45) is 3.34. The summed E-state index contributed by atoms with van der Waals surface area (Å²) in [6, 6.07) is 0. The Hall–Kier alpha value is -0.680. The van der Waals surface area contributed by atoms with Crippen molar-refractivity contribution < 1.29 is 0 Å². The van der Waals surface area contributed by atoms with E-state index in [2.05, 4.69) is 37.1 Å². The highest BCUT2D eigenvalue weighted by atomic mass is 79.9. The Bertz CT molecular complexity index is 383. The van der Waals surface area contributed by atoms with E-state index in [9.17, 15) is 0 Å². The van der Waals surface area contributed by atoms with Crippen molar-refractivity contribution >= 4 is 15.9 Å². The van der Waals surface area contributed by atoms with E-state index < -0.39 is 0 Å². The van der Waals surface area contributed by atoms with Crippen LogP contribution in [0.5, 0.6) is 0 Å². The van der Waals surface area contributed by atoms with Gasteiger partial charge in [0, 0.05) is 24.6 Å². The first kappa shape index (κ1) is 10.8. The lowest BCUT2D eigenvalue weighted by Crippen LogP contribution is -2.29. The van der Waals surface area contributed by atoms with Crippen LogP contribution in [0.15, 0.2) is 10.6 Å². The summed E-state index contributed by atoms with van der Waals surface area (Å²) in [7, 11) is 2.01. The molecule has 0 fully saturated rings. The molecular weight excluding hydrogens is 256 g/mol. The van der Waals surface area contributed by atoms with Crippen molar-refractivity contribution in [1.29, 1.82) is 0 Å². The molecule has 0 saturated carbocycles. The number of halogens is 1. The molecule has 0 amide bonds. The van der Waals surface area contributed by atoms with Crippen molar-refractivity contribution in [2.24, 2.45) is 7.05 Å². The van der Waals surface area contributed by atoms with Gasteiger partial charge in [0.15, 0.2) is 0 Å². The molecule has 0 atom stereocenters. The number of aryl methyl sites for hydroxylation is 1. The van der Waals surface area contributed by atoms with Crippen molar-refractivity contribution in [1.82, 2.24) is 19.7 Å². The first-order chi connectivity index (χ1) is 7.16. The predicted molar refractivity (Wildman–Crippen MR) is 62.6 cm³/mol. The molecule has 0 radical (unpaired) electrons. The van der Waals surface area contributed by atoms with Gasteiger partial charge in [-0.05, 0) is 13.3 Å². The molecule has 1 aliphatic heterocycles. The second-order valence-electron chi connectivity index (χ2n) is 3.87. The summed E-state index contributed by atoms with van der Waals surface area (Å²) in [6.45, 7) is 4.93. The second kappa shape index (κ2) is 4.45. The quantitative estimate of drug-likeness (QED) is 0.819. The summed E-state index contributed by atoms with van der Waals surface area (Å²) < 4.78 is 3.32. The van der Waals surface area contributed by atoms with E-state index >= 15 is 0 Å². The Kier molecular flexibility index (Phi) is 3.21. The first-order valence-electron chi connectivity index (χ1n) is 5.08. The summed E-state index contributed by atoms with van der Waals surface area (Å²) in [5.74, 6) is 2.01. The van der Waals surface area contributed by atoms with Crippen molar-refractivity contribution in [3.63, 3.8) is 0 Å². The fourth-order valence-corrected chi connectivity index (χ4v) is 2.27. The normalized spacial score (nSPS) is 17.9. The molecule has 2 heterocycles. The highest BCUT2D eigenvalue weighted by molar-refractivity contribution is 9.11. The van der Waals surface area contributed by atoms with Gasteiger partial charge in [-0.15, -0.1) is 10.2 Å². The molecule has 1 aliphatic rings. The predicted octanol–water partition coefficient (Wildman–Crippen LogP) is 1.61. The molecule has 0 bridgehead atoms. The Morgan fingerprint density at radius 2 is 2.27 bits per heavy atom. The van der Waals surface area contributed by atoms with Crippen molar-refractivity contribution in [3.8, 4) is 0 Å². The maximum absolute atomic E-state index is 4.17. The third kappa shape index (κ3) is 2.46. The molecule has 1 aromatic rings. The summed E-state index contributed by atoms with van der Waals surface area (Å²) >= 11 is 3.54. The number of aromatic nitrogens is 3. The molecule has 15 heavy (non-hydrogen) atoms. The molecular formula is C10H15BrN4. The molecule has 1 aromatic heterocycles. The van der Waals surface area contributed by atoms with Crippen LogP contribution in [-0.2, 0) is 13.6 Å². The topological polar surface area (TPSA) is 34.0 Å². The van der Waals surface area contributed by atoms with Gasteiger partial charge in [0.25, 0.3) is 0 Å².